The molecule has 66 valence electrons. The number of morpholine rings is 1. The Kier molecular flexibility index (Phi) is 3.00. The lowest BCUT2D eigenvalue weighted by Gasteiger charge is -2.32. The number of ether oxygens (including phenoxy) is 1. The van der Waals surface area contributed by atoms with E-state index in [2.05, 4.69) is 0 Å². The van der Waals surface area contributed by atoms with Crippen LogP contribution in [0.25, 0.3) is 0 Å². The SMILES string of the molecule is CC1CN(S(=O)O)CC(C)O1. The summed E-state index contributed by atoms with van der Waals surface area (Å²) < 4.78 is 26.3. The summed E-state index contributed by atoms with van der Waals surface area (Å²) in [5.74, 6) is 0. The zero-order chi connectivity index (χ0) is 8.43. The molecule has 11 heavy (non-hydrogen) atoms. The van der Waals surface area contributed by atoms with Crippen LogP contribution in [0.4, 0.5) is 0 Å². The largest absolute Gasteiger partial charge is 0.373 e. The van der Waals surface area contributed by atoms with Gasteiger partial charge in [0.25, 0.3) is 0 Å². The Morgan fingerprint density at radius 2 is 1.91 bits per heavy atom. The molecule has 0 radical (unpaired) electrons. The summed E-state index contributed by atoms with van der Waals surface area (Å²) in [5, 5.41) is 0. The summed E-state index contributed by atoms with van der Waals surface area (Å²) in [6.45, 7) is 4.87. The monoisotopic (exact) mass is 179 g/mol. The van der Waals surface area contributed by atoms with Crippen LogP contribution in [0.1, 0.15) is 13.8 Å². The van der Waals surface area contributed by atoms with Crippen LogP contribution in [0.3, 0.4) is 0 Å². The molecule has 1 aliphatic heterocycles. The van der Waals surface area contributed by atoms with Crippen LogP contribution in [0.2, 0.25) is 0 Å². The average molecular weight is 179 g/mol. The van der Waals surface area contributed by atoms with Crippen molar-refractivity contribution in [1.29, 1.82) is 0 Å². The van der Waals surface area contributed by atoms with E-state index in [1.165, 1.54) is 4.31 Å². The standard InChI is InChI=1S/C6H13NO3S/c1-5-3-7(11(8)9)4-6(2)10-5/h5-6H,3-4H2,1-2H3,(H,8,9). The first-order chi connectivity index (χ1) is 5.09. The lowest BCUT2D eigenvalue weighted by atomic mass is 10.3. The van der Waals surface area contributed by atoms with Gasteiger partial charge in [-0.25, -0.2) is 4.21 Å². The molecule has 0 spiro atoms. The molecule has 5 heteroatoms. The topological polar surface area (TPSA) is 49.8 Å². The van der Waals surface area contributed by atoms with Crippen molar-refractivity contribution in [2.24, 2.45) is 0 Å². The highest BCUT2D eigenvalue weighted by atomic mass is 32.2. The second-order valence-corrected chi connectivity index (χ2v) is 3.81. The quantitative estimate of drug-likeness (QED) is 0.586. The Bertz CT molecular complexity index is 154. The Morgan fingerprint density at radius 1 is 1.45 bits per heavy atom. The van der Waals surface area contributed by atoms with E-state index in [9.17, 15) is 4.21 Å². The molecule has 1 aliphatic rings. The molecule has 3 atom stereocenters. The fraction of sp³-hybridized carbons (Fsp3) is 1.00. The fourth-order valence-corrected chi connectivity index (χ4v) is 1.93. The van der Waals surface area contributed by atoms with Crippen LogP contribution in [-0.2, 0) is 16.0 Å². The Balaban J connectivity index is 2.49. The van der Waals surface area contributed by atoms with Gasteiger partial charge in [0.2, 0.25) is 11.3 Å². The molecule has 0 aromatic heterocycles. The van der Waals surface area contributed by atoms with Gasteiger partial charge < -0.3 is 4.74 Å². The zero-order valence-corrected chi connectivity index (χ0v) is 7.50. The third kappa shape index (κ3) is 2.52. The molecule has 4 nitrogen and oxygen atoms in total. The average Bonchev–Trinajstić information content (AvgIpc) is 1.85. The maximum Gasteiger partial charge on any atom is 0.234 e. The first kappa shape index (κ1) is 9.12. The number of nitrogens with zero attached hydrogens (tertiary/aromatic N) is 1. The highest BCUT2D eigenvalue weighted by molar-refractivity contribution is 7.76. The van der Waals surface area contributed by atoms with Gasteiger partial charge in [-0.3, -0.25) is 4.55 Å². The molecule has 3 unspecified atom stereocenters. The van der Waals surface area contributed by atoms with E-state index in [4.69, 9.17) is 9.29 Å². The molecule has 1 fully saturated rings. The summed E-state index contributed by atoms with van der Waals surface area (Å²) in [6.07, 6.45) is 0.102. The second kappa shape index (κ2) is 3.62. The van der Waals surface area contributed by atoms with Crippen LogP contribution >= 0.6 is 0 Å². The van der Waals surface area contributed by atoms with Gasteiger partial charge in [0.15, 0.2) is 0 Å². The first-order valence-corrected chi connectivity index (χ1v) is 4.67. The van der Waals surface area contributed by atoms with Crippen molar-refractivity contribution in [3.63, 3.8) is 0 Å². The van der Waals surface area contributed by atoms with Gasteiger partial charge in [-0.2, -0.15) is 4.31 Å². The summed E-state index contributed by atoms with van der Waals surface area (Å²) in [5.41, 5.74) is 0. The number of hydrogen-bond acceptors (Lipinski definition) is 2. The molecule has 0 amide bonds. The molecular formula is C6H13NO3S. The maximum absolute atomic E-state index is 10.6. The van der Waals surface area contributed by atoms with Gasteiger partial charge in [0.1, 0.15) is 0 Å². The lowest BCUT2D eigenvalue weighted by molar-refractivity contribution is -0.0443. The van der Waals surface area contributed by atoms with Crippen LogP contribution < -0.4 is 0 Å². The van der Waals surface area contributed by atoms with Gasteiger partial charge in [0, 0.05) is 13.1 Å². The summed E-state index contributed by atoms with van der Waals surface area (Å²) in [7, 11) is 0. The fourth-order valence-electron chi connectivity index (χ4n) is 1.26. The predicted octanol–water partition coefficient (Wildman–Crippen LogP) is 0.232. The van der Waals surface area contributed by atoms with E-state index in [0.717, 1.165) is 0 Å². The molecule has 1 N–H and O–H groups in total. The zero-order valence-electron chi connectivity index (χ0n) is 6.69. The Labute approximate surface area is 68.9 Å². The van der Waals surface area contributed by atoms with E-state index in [0.29, 0.717) is 13.1 Å². The number of hydrogen-bond donors (Lipinski definition) is 1. The highest BCUT2D eigenvalue weighted by Gasteiger charge is 2.24. The van der Waals surface area contributed by atoms with Gasteiger partial charge in [0.05, 0.1) is 12.2 Å². The van der Waals surface area contributed by atoms with Crippen LogP contribution in [0.5, 0.6) is 0 Å². The summed E-state index contributed by atoms with van der Waals surface area (Å²) >= 11 is -1.84. The minimum atomic E-state index is -1.84. The Morgan fingerprint density at radius 3 is 2.27 bits per heavy atom. The minimum Gasteiger partial charge on any atom is -0.373 e. The molecule has 0 aromatic rings. The van der Waals surface area contributed by atoms with Crippen LogP contribution in [0.15, 0.2) is 0 Å². The van der Waals surface area contributed by atoms with Crippen molar-refractivity contribution in [2.45, 2.75) is 26.1 Å². The van der Waals surface area contributed by atoms with Crippen molar-refractivity contribution in [1.82, 2.24) is 4.31 Å². The van der Waals surface area contributed by atoms with Gasteiger partial charge >= 0.3 is 0 Å². The van der Waals surface area contributed by atoms with E-state index in [1.54, 1.807) is 0 Å². The second-order valence-electron chi connectivity index (χ2n) is 2.83. The van der Waals surface area contributed by atoms with Crippen molar-refractivity contribution < 1.29 is 13.5 Å². The third-order valence-corrected chi connectivity index (χ3v) is 2.35. The van der Waals surface area contributed by atoms with Crippen LogP contribution in [0, 0.1) is 0 Å². The molecule has 1 heterocycles. The molecular weight excluding hydrogens is 166 g/mol. The van der Waals surface area contributed by atoms with Crippen molar-refractivity contribution >= 4 is 11.3 Å². The van der Waals surface area contributed by atoms with Crippen molar-refractivity contribution in [3.8, 4) is 0 Å². The molecule has 0 aromatic carbocycles. The van der Waals surface area contributed by atoms with E-state index < -0.39 is 11.3 Å². The molecule has 0 saturated carbocycles. The van der Waals surface area contributed by atoms with Crippen molar-refractivity contribution in [2.75, 3.05) is 13.1 Å². The van der Waals surface area contributed by atoms with Gasteiger partial charge in [-0.15, -0.1) is 0 Å². The van der Waals surface area contributed by atoms with E-state index in [1.807, 2.05) is 13.8 Å². The first-order valence-electron chi connectivity index (χ1n) is 3.61. The highest BCUT2D eigenvalue weighted by Crippen LogP contribution is 2.10. The van der Waals surface area contributed by atoms with Gasteiger partial charge in [-0.05, 0) is 13.8 Å². The molecule has 1 rings (SSSR count). The Hall–Kier alpha value is 0.0300. The lowest BCUT2D eigenvalue weighted by Crippen LogP contribution is -2.45. The van der Waals surface area contributed by atoms with E-state index >= 15 is 0 Å². The molecule has 1 saturated heterocycles. The van der Waals surface area contributed by atoms with E-state index in [-0.39, 0.29) is 12.2 Å². The molecule has 0 bridgehead atoms. The summed E-state index contributed by atoms with van der Waals surface area (Å²) in [6, 6.07) is 0. The smallest absolute Gasteiger partial charge is 0.234 e. The normalized spacial score (nSPS) is 37.0. The van der Waals surface area contributed by atoms with Crippen LogP contribution in [-0.4, -0.2) is 38.4 Å². The third-order valence-electron chi connectivity index (χ3n) is 1.61. The number of rotatable bonds is 1. The predicted molar refractivity (Wildman–Crippen MR) is 42.4 cm³/mol. The summed E-state index contributed by atoms with van der Waals surface area (Å²) in [4.78, 5) is 0. The minimum absolute atomic E-state index is 0.0508. The van der Waals surface area contributed by atoms with Gasteiger partial charge in [-0.1, -0.05) is 0 Å². The van der Waals surface area contributed by atoms with Crippen molar-refractivity contribution in [3.05, 3.63) is 0 Å². The molecule has 0 aliphatic carbocycles. The maximum atomic E-state index is 10.6.